The van der Waals surface area contributed by atoms with Gasteiger partial charge in [-0.3, -0.25) is 4.79 Å². The van der Waals surface area contributed by atoms with Crippen molar-refractivity contribution in [1.29, 1.82) is 5.26 Å². The van der Waals surface area contributed by atoms with Crippen LogP contribution in [0.5, 0.6) is 0 Å². The van der Waals surface area contributed by atoms with E-state index in [4.69, 9.17) is 5.26 Å². The zero-order chi connectivity index (χ0) is 11.4. The topological polar surface area (TPSA) is 40.9 Å². The second-order valence-electron chi connectivity index (χ2n) is 4.44. The van der Waals surface area contributed by atoms with Crippen molar-refractivity contribution in [3.8, 4) is 6.07 Å². The smallest absolute Gasteiger partial charge is 0.154 e. The fraction of sp³-hybridized carbons (Fsp3) is 0.429. The summed E-state index contributed by atoms with van der Waals surface area (Å²) in [5.74, 6) is 0.0484. The average molecular weight is 213 g/mol. The Kier molecular flexibility index (Phi) is 3.36. The molecule has 0 heterocycles. The van der Waals surface area contributed by atoms with Gasteiger partial charge in [-0.25, -0.2) is 0 Å². The molecule has 82 valence electrons. The molecule has 1 aromatic carbocycles. The van der Waals surface area contributed by atoms with Gasteiger partial charge in [-0.05, 0) is 11.5 Å². The van der Waals surface area contributed by atoms with Gasteiger partial charge < -0.3 is 0 Å². The van der Waals surface area contributed by atoms with Crippen molar-refractivity contribution in [2.45, 2.75) is 31.6 Å². The van der Waals surface area contributed by atoms with Gasteiger partial charge in [0, 0.05) is 6.42 Å². The Bertz CT molecular complexity index is 400. The molecule has 1 aliphatic carbocycles. The molecule has 1 aromatic rings. The minimum atomic E-state index is -0.568. The quantitative estimate of drug-likeness (QED) is 0.771. The minimum Gasteiger partial charge on any atom is -0.298 e. The number of ketones is 1. The molecule has 1 fully saturated rings. The highest BCUT2D eigenvalue weighted by atomic mass is 16.1. The van der Waals surface area contributed by atoms with Gasteiger partial charge in [0.1, 0.15) is 5.92 Å². The SMILES string of the molecule is N#CC(C(=O)CC1CCC1)c1ccccc1. The molecule has 0 radical (unpaired) electrons. The zero-order valence-corrected chi connectivity index (χ0v) is 9.23. The van der Waals surface area contributed by atoms with Crippen LogP contribution < -0.4 is 0 Å². The molecule has 2 rings (SSSR count). The van der Waals surface area contributed by atoms with Crippen molar-refractivity contribution in [3.05, 3.63) is 35.9 Å². The van der Waals surface area contributed by atoms with Crippen LogP contribution in [-0.4, -0.2) is 5.78 Å². The fourth-order valence-electron chi connectivity index (χ4n) is 2.08. The van der Waals surface area contributed by atoms with Gasteiger partial charge in [-0.15, -0.1) is 0 Å². The molecular weight excluding hydrogens is 198 g/mol. The number of carbonyl (C=O) groups excluding carboxylic acids is 1. The fourth-order valence-corrected chi connectivity index (χ4v) is 2.08. The van der Waals surface area contributed by atoms with Gasteiger partial charge in [-0.1, -0.05) is 49.6 Å². The number of nitriles is 1. The van der Waals surface area contributed by atoms with E-state index < -0.39 is 5.92 Å². The van der Waals surface area contributed by atoms with Crippen molar-refractivity contribution in [1.82, 2.24) is 0 Å². The van der Waals surface area contributed by atoms with Crippen LogP contribution in [0, 0.1) is 17.2 Å². The molecule has 0 spiro atoms. The number of nitrogens with zero attached hydrogens (tertiary/aromatic N) is 1. The molecule has 0 aliphatic heterocycles. The summed E-state index contributed by atoms with van der Waals surface area (Å²) in [6.45, 7) is 0. The zero-order valence-electron chi connectivity index (χ0n) is 9.23. The van der Waals surface area contributed by atoms with E-state index in [0.29, 0.717) is 12.3 Å². The lowest BCUT2D eigenvalue weighted by atomic mass is 9.79. The first kappa shape index (κ1) is 10.9. The predicted molar refractivity (Wildman–Crippen MR) is 61.8 cm³/mol. The third-order valence-electron chi connectivity index (χ3n) is 3.30. The second kappa shape index (κ2) is 4.94. The summed E-state index contributed by atoms with van der Waals surface area (Å²) < 4.78 is 0. The molecule has 1 saturated carbocycles. The monoisotopic (exact) mass is 213 g/mol. The molecule has 1 unspecified atom stereocenters. The molecule has 0 N–H and O–H groups in total. The van der Waals surface area contributed by atoms with Gasteiger partial charge in [-0.2, -0.15) is 5.26 Å². The Hall–Kier alpha value is -1.62. The third kappa shape index (κ3) is 2.30. The molecule has 0 bridgehead atoms. The summed E-state index contributed by atoms with van der Waals surface area (Å²) in [7, 11) is 0. The van der Waals surface area contributed by atoms with Crippen LogP contribution >= 0.6 is 0 Å². The van der Waals surface area contributed by atoms with E-state index >= 15 is 0 Å². The maximum absolute atomic E-state index is 12.0. The van der Waals surface area contributed by atoms with Crippen LogP contribution in [0.2, 0.25) is 0 Å². The summed E-state index contributed by atoms with van der Waals surface area (Å²) in [6, 6.07) is 11.5. The van der Waals surface area contributed by atoms with Crippen molar-refractivity contribution in [2.75, 3.05) is 0 Å². The Labute approximate surface area is 95.9 Å². The molecule has 0 saturated heterocycles. The first-order valence-electron chi connectivity index (χ1n) is 5.78. The van der Waals surface area contributed by atoms with Gasteiger partial charge in [0.2, 0.25) is 0 Å². The molecule has 2 nitrogen and oxygen atoms in total. The predicted octanol–water partition coefficient (Wildman–Crippen LogP) is 3.05. The van der Waals surface area contributed by atoms with Crippen LogP contribution in [0.4, 0.5) is 0 Å². The first-order chi connectivity index (χ1) is 7.81. The van der Waals surface area contributed by atoms with Crippen molar-refractivity contribution in [3.63, 3.8) is 0 Å². The normalized spacial score (nSPS) is 17.2. The minimum absolute atomic E-state index is 0.0819. The lowest BCUT2D eigenvalue weighted by Gasteiger charge is -2.25. The summed E-state index contributed by atoms with van der Waals surface area (Å²) in [5, 5.41) is 9.08. The Morgan fingerprint density at radius 2 is 2.06 bits per heavy atom. The maximum Gasteiger partial charge on any atom is 0.154 e. The first-order valence-corrected chi connectivity index (χ1v) is 5.78. The Morgan fingerprint density at radius 1 is 1.38 bits per heavy atom. The van der Waals surface area contributed by atoms with Gasteiger partial charge in [0.15, 0.2) is 5.78 Å². The van der Waals surface area contributed by atoms with Gasteiger partial charge in [0.05, 0.1) is 6.07 Å². The Morgan fingerprint density at radius 3 is 2.56 bits per heavy atom. The van der Waals surface area contributed by atoms with Crippen molar-refractivity contribution >= 4 is 5.78 Å². The highest BCUT2D eigenvalue weighted by molar-refractivity contribution is 5.88. The summed E-state index contributed by atoms with van der Waals surface area (Å²) >= 11 is 0. The van der Waals surface area contributed by atoms with E-state index in [-0.39, 0.29) is 5.78 Å². The highest BCUT2D eigenvalue weighted by Gasteiger charge is 2.26. The number of hydrogen-bond donors (Lipinski definition) is 0. The third-order valence-corrected chi connectivity index (χ3v) is 3.30. The number of rotatable bonds is 4. The Balaban J connectivity index is 2.05. The summed E-state index contributed by atoms with van der Waals surface area (Å²) in [6.07, 6.45) is 4.12. The van der Waals surface area contributed by atoms with Crippen molar-refractivity contribution < 1.29 is 4.79 Å². The van der Waals surface area contributed by atoms with Crippen LogP contribution in [0.1, 0.15) is 37.2 Å². The molecule has 1 aliphatic rings. The standard InChI is InChI=1S/C14H15NO/c15-10-13(12-7-2-1-3-8-12)14(16)9-11-5-4-6-11/h1-3,7-8,11,13H,4-6,9H2. The lowest BCUT2D eigenvalue weighted by molar-refractivity contribution is -0.120. The summed E-state index contributed by atoms with van der Waals surface area (Å²) in [4.78, 5) is 12.0. The second-order valence-corrected chi connectivity index (χ2v) is 4.44. The number of carbonyl (C=O) groups is 1. The highest BCUT2D eigenvalue weighted by Crippen LogP contribution is 2.31. The van der Waals surface area contributed by atoms with E-state index in [1.165, 1.54) is 6.42 Å². The molecule has 16 heavy (non-hydrogen) atoms. The van der Waals surface area contributed by atoms with Crippen LogP contribution in [0.3, 0.4) is 0 Å². The number of benzene rings is 1. The lowest BCUT2D eigenvalue weighted by Crippen LogP contribution is -2.20. The van der Waals surface area contributed by atoms with Crippen LogP contribution in [0.25, 0.3) is 0 Å². The van der Waals surface area contributed by atoms with Crippen LogP contribution in [-0.2, 0) is 4.79 Å². The van der Waals surface area contributed by atoms with E-state index in [9.17, 15) is 4.79 Å². The van der Waals surface area contributed by atoms with Gasteiger partial charge >= 0.3 is 0 Å². The number of hydrogen-bond acceptors (Lipinski definition) is 2. The maximum atomic E-state index is 12.0. The van der Waals surface area contributed by atoms with Crippen LogP contribution in [0.15, 0.2) is 30.3 Å². The molecule has 0 amide bonds. The van der Waals surface area contributed by atoms with Crippen molar-refractivity contribution in [2.24, 2.45) is 5.92 Å². The summed E-state index contributed by atoms with van der Waals surface area (Å²) in [5.41, 5.74) is 0.828. The molecule has 0 aromatic heterocycles. The van der Waals surface area contributed by atoms with Gasteiger partial charge in [0.25, 0.3) is 0 Å². The number of Topliss-reactive ketones (excluding diaryl/α,β-unsaturated/α-hetero) is 1. The largest absolute Gasteiger partial charge is 0.298 e. The average Bonchev–Trinajstić information content (AvgIpc) is 2.26. The van der Waals surface area contributed by atoms with E-state index in [1.807, 2.05) is 30.3 Å². The van der Waals surface area contributed by atoms with E-state index in [0.717, 1.165) is 18.4 Å². The molecule has 1 atom stereocenters. The molecular formula is C14H15NO. The van der Waals surface area contributed by atoms with E-state index in [1.54, 1.807) is 0 Å². The molecule has 2 heteroatoms. The van der Waals surface area contributed by atoms with E-state index in [2.05, 4.69) is 6.07 Å².